The van der Waals surface area contributed by atoms with Gasteiger partial charge >= 0.3 is 5.97 Å². The van der Waals surface area contributed by atoms with Crippen molar-refractivity contribution in [3.63, 3.8) is 0 Å². The van der Waals surface area contributed by atoms with Gasteiger partial charge < -0.3 is 9.15 Å². The number of hydrogen-bond donors (Lipinski definition) is 0. The van der Waals surface area contributed by atoms with Crippen LogP contribution in [0.2, 0.25) is 0 Å². The Kier molecular flexibility index (Phi) is 3.63. The average Bonchev–Trinajstić information content (AvgIpc) is 3.02. The van der Waals surface area contributed by atoms with Gasteiger partial charge in [0.2, 0.25) is 0 Å². The van der Waals surface area contributed by atoms with Crippen molar-refractivity contribution >= 4 is 17.8 Å². The van der Waals surface area contributed by atoms with Crippen molar-refractivity contribution in [2.75, 3.05) is 6.61 Å². The SMILES string of the molecule is O=C(/C=C/c1ccco1)OCC(=O)C12CC3CC(CC(C3)C1)C2. The average molecular weight is 314 g/mol. The van der Waals surface area contributed by atoms with Crippen LogP contribution in [-0.2, 0) is 14.3 Å². The van der Waals surface area contributed by atoms with E-state index in [1.165, 1.54) is 25.3 Å². The van der Waals surface area contributed by atoms with E-state index in [0.29, 0.717) is 5.76 Å². The molecule has 1 aromatic rings. The van der Waals surface area contributed by atoms with Crippen LogP contribution in [0.15, 0.2) is 28.9 Å². The Balaban J connectivity index is 1.34. The van der Waals surface area contributed by atoms with Crippen LogP contribution in [0.4, 0.5) is 0 Å². The molecule has 1 aromatic heterocycles. The third-order valence-corrected chi connectivity index (χ3v) is 5.90. The molecule has 122 valence electrons. The molecular formula is C19H22O4. The molecule has 4 aliphatic carbocycles. The summed E-state index contributed by atoms with van der Waals surface area (Å²) in [5, 5.41) is 0. The van der Waals surface area contributed by atoms with Gasteiger partial charge in [0.1, 0.15) is 5.76 Å². The van der Waals surface area contributed by atoms with Gasteiger partial charge in [0.25, 0.3) is 0 Å². The molecule has 0 N–H and O–H groups in total. The Bertz CT molecular complexity index is 591. The van der Waals surface area contributed by atoms with Gasteiger partial charge in [-0.05, 0) is 74.5 Å². The molecule has 0 aliphatic heterocycles. The fourth-order valence-corrected chi connectivity index (χ4v) is 5.33. The summed E-state index contributed by atoms with van der Waals surface area (Å²) >= 11 is 0. The van der Waals surface area contributed by atoms with Gasteiger partial charge in [-0.2, -0.15) is 0 Å². The highest BCUT2D eigenvalue weighted by molar-refractivity contribution is 5.91. The molecule has 0 saturated heterocycles. The maximum atomic E-state index is 12.7. The second kappa shape index (κ2) is 5.66. The number of ether oxygens (including phenoxy) is 1. The van der Waals surface area contributed by atoms with Gasteiger partial charge in [-0.3, -0.25) is 4.79 Å². The zero-order valence-corrected chi connectivity index (χ0v) is 13.2. The first kappa shape index (κ1) is 14.7. The number of esters is 1. The number of furan rings is 1. The van der Waals surface area contributed by atoms with Gasteiger partial charge in [0, 0.05) is 11.5 Å². The van der Waals surface area contributed by atoms with Gasteiger partial charge in [0.15, 0.2) is 12.4 Å². The molecule has 4 saturated carbocycles. The van der Waals surface area contributed by atoms with Crippen LogP contribution >= 0.6 is 0 Å². The van der Waals surface area contributed by atoms with E-state index in [1.807, 2.05) is 0 Å². The van der Waals surface area contributed by atoms with Crippen LogP contribution in [0, 0.1) is 23.2 Å². The van der Waals surface area contributed by atoms with Crippen LogP contribution in [0.5, 0.6) is 0 Å². The van der Waals surface area contributed by atoms with Crippen molar-refractivity contribution in [1.29, 1.82) is 0 Å². The summed E-state index contributed by atoms with van der Waals surface area (Å²) in [6.07, 6.45) is 11.4. The molecular weight excluding hydrogens is 292 g/mol. The first-order chi connectivity index (χ1) is 11.1. The van der Waals surface area contributed by atoms with Crippen molar-refractivity contribution in [2.24, 2.45) is 23.2 Å². The molecule has 0 radical (unpaired) electrons. The Morgan fingerprint density at radius 2 is 1.83 bits per heavy atom. The van der Waals surface area contributed by atoms with Crippen LogP contribution < -0.4 is 0 Å². The summed E-state index contributed by atoms with van der Waals surface area (Å²) in [6, 6.07) is 3.51. The minimum absolute atomic E-state index is 0.0898. The smallest absolute Gasteiger partial charge is 0.331 e. The Morgan fingerprint density at radius 3 is 2.39 bits per heavy atom. The molecule has 4 aliphatic rings. The Labute approximate surface area is 135 Å². The van der Waals surface area contributed by atoms with E-state index in [2.05, 4.69) is 0 Å². The standard InChI is InChI=1S/C19H22O4/c20-17(12-23-18(21)4-3-16-2-1-5-22-16)19-9-13-6-14(10-19)8-15(7-13)11-19/h1-5,13-15H,6-12H2/b4-3+. The number of rotatable bonds is 5. The van der Waals surface area contributed by atoms with E-state index in [-0.39, 0.29) is 17.8 Å². The van der Waals surface area contributed by atoms with Gasteiger partial charge in [0.05, 0.1) is 6.26 Å². The molecule has 0 atom stereocenters. The lowest BCUT2D eigenvalue weighted by atomic mass is 9.48. The number of carbonyl (C=O) groups excluding carboxylic acids is 2. The van der Waals surface area contributed by atoms with Crippen molar-refractivity contribution < 1.29 is 18.7 Å². The summed E-state index contributed by atoms with van der Waals surface area (Å²) in [6.45, 7) is -0.0898. The minimum atomic E-state index is -0.487. The monoisotopic (exact) mass is 314 g/mol. The predicted molar refractivity (Wildman–Crippen MR) is 84.3 cm³/mol. The number of hydrogen-bond acceptors (Lipinski definition) is 4. The first-order valence-electron chi connectivity index (χ1n) is 8.55. The Morgan fingerprint density at radius 1 is 1.17 bits per heavy atom. The predicted octanol–water partition coefficient (Wildman–Crippen LogP) is 3.62. The summed E-state index contributed by atoms with van der Waals surface area (Å²) in [5.74, 6) is 2.41. The molecule has 0 aromatic carbocycles. The number of carbonyl (C=O) groups is 2. The van der Waals surface area contributed by atoms with Crippen molar-refractivity contribution in [1.82, 2.24) is 0 Å². The largest absolute Gasteiger partial charge is 0.465 e. The van der Waals surface area contributed by atoms with E-state index in [4.69, 9.17) is 9.15 Å². The second-order valence-electron chi connectivity index (χ2n) is 7.58. The molecule has 4 fully saturated rings. The maximum Gasteiger partial charge on any atom is 0.331 e. The van der Waals surface area contributed by atoms with Gasteiger partial charge in [-0.15, -0.1) is 0 Å². The molecule has 0 unspecified atom stereocenters. The quantitative estimate of drug-likeness (QED) is 0.615. The lowest BCUT2D eigenvalue weighted by Crippen LogP contribution is -2.51. The highest BCUT2D eigenvalue weighted by Gasteiger charge is 2.54. The fraction of sp³-hybridized carbons (Fsp3) is 0.579. The third-order valence-electron chi connectivity index (χ3n) is 5.90. The van der Waals surface area contributed by atoms with E-state index in [0.717, 1.165) is 37.0 Å². The van der Waals surface area contributed by atoms with Crippen LogP contribution in [-0.4, -0.2) is 18.4 Å². The summed E-state index contributed by atoms with van der Waals surface area (Å²) in [4.78, 5) is 24.5. The lowest BCUT2D eigenvalue weighted by molar-refractivity contribution is -0.155. The topological polar surface area (TPSA) is 56.5 Å². The molecule has 4 heteroatoms. The summed E-state index contributed by atoms with van der Waals surface area (Å²) in [5.41, 5.74) is -0.195. The normalized spacial score (nSPS) is 34.9. The summed E-state index contributed by atoms with van der Waals surface area (Å²) in [7, 11) is 0. The third kappa shape index (κ3) is 2.87. The molecule has 4 nitrogen and oxygen atoms in total. The van der Waals surface area contributed by atoms with Crippen molar-refractivity contribution in [3.8, 4) is 0 Å². The fourth-order valence-electron chi connectivity index (χ4n) is 5.33. The van der Waals surface area contributed by atoms with Crippen LogP contribution in [0.1, 0.15) is 44.3 Å². The summed E-state index contributed by atoms with van der Waals surface area (Å²) < 4.78 is 10.3. The van der Waals surface area contributed by atoms with Crippen LogP contribution in [0.25, 0.3) is 6.08 Å². The van der Waals surface area contributed by atoms with Gasteiger partial charge in [-0.1, -0.05) is 0 Å². The van der Waals surface area contributed by atoms with Gasteiger partial charge in [-0.25, -0.2) is 4.79 Å². The van der Waals surface area contributed by atoms with E-state index in [1.54, 1.807) is 24.5 Å². The molecule has 0 amide bonds. The first-order valence-corrected chi connectivity index (χ1v) is 8.55. The molecule has 4 bridgehead atoms. The van der Waals surface area contributed by atoms with E-state index >= 15 is 0 Å². The Hall–Kier alpha value is -1.84. The van der Waals surface area contributed by atoms with Crippen molar-refractivity contribution in [2.45, 2.75) is 38.5 Å². The molecule has 0 spiro atoms. The zero-order chi connectivity index (χ0) is 15.9. The minimum Gasteiger partial charge on any atom is -0.465 e. The highest BCUT2D eigenvalue weighted by atomic mass is 16.5. The lowest BCUT2D eigenvalue weighted by Gasteiger charge is -2.55. The molecule has 23 heavy (non-hydrogen) atoms. The van der Waals surface area contributed by atoms with Crippen molar-refractivity contribution in [3.05, 3.63) is 30.2 Å². The van der Waals surface area contributed by atoms with Crippen LogP contribution in [0.3, 0.4) is 0 Å². The molecule has 5 rings (SSSR count). The highest BCUT2D eigenvalue weighted by Crippen LogP contribution is 2.60. The van der Waals surface area contributed by atoms with E-state index < -0.39 is 5.97 Å². The zero-order valence-electron chi connectivity index (χ0n) is 13.2. The number of ketones is 1. The number of Topliss-reactive ketones (excluding diaryl/α,β-unsaturated/α-hetero) is 1. The second-order valence-corrected chi connectivity index (χ2v) is 7.58. The van der Waals surface area contributed by atoms with E-state index in [9.17, 15) is 9.59 Å². The maximum absolute atomic E-state index is 12.7. The molecule has 1 heterocycles.